The third-order valence-electron chi connectivity index (χ3n) is 8.55. The number of aliphatic imine (C=N–C) groups is 2. The molecule has 2 aliphatic heterocycles. The summed E-state index contributed by atoms with van der Waals surface area (Å²) in [5.41, 5.74) is 7.11. The number of nitrogens with one attached hydrogen (secondary N) is 4. The molecular formula is C36H29BrN10O4S. The minimum absolute atomic E-state index is 0.0558. The number of benzene rings is 3. The first-order valence-electron chi connectivity index (χ1n) is 15.9. The number of aromatic amines is 2. The minimum Gasteiger partial charge on any atom is -0.495 e. The second kappa shape index (κ2) is 13.5. The molecule has 0 amide bonds. The Kier molecular flexibility index (Phi) is 8.60. The first-order chi connectivity index (χ1) is 25.3. The van der Waals surface area contributed by atoms with E-state index in [2.05, 4.69) is 66.5 Å². The second-order valence-electron chi connectivity index (χ2n) is 11.7. The molecule has 6 heterocycles. The molecule has 0 saturated heterocycles. The van der Waals surface area contributed by atoms with Crippen LogP contribution in [0.5, 0.6) is 11.5 Å². The Labute approximate surface area is 305 Å². The predicted molar refractivity (Wildman–Crippen MR) is 203 cm³/mol. The summed E-state index contributed by atoms with van der Waals surface area (Å²) >= 11 is 3.42. The van der Waals surface area contributed by atoms with Crippen molar-refractivity contribution in [2.45, 2.75) is 23.0 Å². The largest absolute Gasteiger partial charge is 0.495 e. The number of nitrogens with zero attached hydrogens (tertiary/aromatic N) is 6. The quantitative estimate of drug-likeness (QED) is 0.127. The molecule has 16 heteroatoms. The molecule has 14 nitrogen and oxygen atoms in total. The lowest BCUT2D eigenvalue weighted by Crippen LogP contribution is -2.01. The van der Waals surface area contributed by atoms with Crippen molar-refractivity contribution in [3.63, 3.8) is 0 Å². The highest BCUT2D eigenvalue weighted by atomic mass is 79.9. The average molecular weight is 778 g/mol. The van der Waals surface area contributed by atoms with E-state index >= 15 is 0 Å². The Morgan fingerprint density at radius 1 is 0.692 bits per heavy atom. The van der Waals surface area contributed by atoms with E-state index in [9.17, 15) is 8.42 Å². The number of halogens is 1. The van der Waals surface area contributed by atoms with Gasteiger partial charge in [-0.15, -0.1) is 0 Å². The number of hydrogen-bond acceptors (Lipinski definition) is 12. The van der Waals surface area contributed by atoms with E-state index in [1.54, 1.807) is 50.6 Å². The molecule has 0 unspecified atom stereocenters. The summed E-state index contributed by atoms with van der Waals surface area (Å²) < 4.78 is 37.8. The van der Waals surface area contributed by atoms with E-state index < -0.39 is 9.84 Å². The minimum atomic E-state index is -3.70. The van der Waals surface area contributed by atoms with Crippen molar-refractivity contribution in [3.8, 4) is 11.5 Å². The molecule has 0 spiro atoms. The van der Waals surface area contributed by atoms with Crippen LogP contribution in [-0.2, 0) is 22.9 Å². The van der Waals surface area contributed by atoms with Crippen molar-refractivity contribution >= 4 is 83.3 Å². The molecule has 9 rings (SSSR count). The molecule has 0 radical (unpaired) electrons. The number of H-pyrrole nitrogens is 2. The Morgan fingerprint density at radius 3 is 1.79 bits per heavy atom. The van der Waals surface area contributed by atoms with Gasteiger partial charge in [-0.05, 0) is 86.7 Å². The standard InChI is InChI=1S/C21H17N5O3S.C15H12BrN5O/c1-29-18-8-14-11-22-10-13(14)7-17(18)25-20-16-9-19(26-21(16)24-12-23-20)30(27,28)15-5-3-2-4-6-15;1-22-12-3-9-6-17-5-8(9)2-11(12)20-14-10-4-13(16)21-15(10)19-7-18-14/h2-10,12H,11H2,1H3,(H2,23,24,25,26);2-5,7H,6H2,1H3,(H2,18,19,20,21). The van der Waals surface area contributed by atoms with E-state index in [0.717, 1.165) is 49.6 Å². The lowest BCUT2D eigenvalue weighted by atomic mass is 10.1. The van der Waals surface area contributed by atoms with Crippen molar-refractivity contribution in [1.82, 2.24) is 29.9 Å². The maximum absolute atomic E-state index is 13.0. The Bertz CT molecular complexity index is 2660. The van der Waals surface area contributed by atoms with Crippen LogP contribution in [0.2, 0.25) is 0 Å². The van der Waals surface area contributed by atoms with Crippen LogP contribution in [-0.4, -0.2) is 65.0 Å². The molecule has 7 aromatic rings. The van der Waals surface area contributed by atoms with E-state index in [1.165, 1.54) is 18.2 Å². The normalized spacial score (nSPS) is 12.8. The molecule has 260 valence electrons. The van der Waals surface area contributed by atoms with Crippen LogP contribution in [0.3, 0.4) is 0 Å². The second-order valence-corrected chi connectivity index (χ2v) is 14.5. The van der Waals surface area contributed by atoms with Crippen LogP contribution in [0.15, 0.2) is 104 Å². The van der Waals surface area contributed by atoms with Crippen LogP contribution in [0.4, 0.5) is 23.0 Å². The van der Waals surface area contributed by atoms with Crippen LogP contribution in [0.1, 0.15) is 22.3 Å². The zero-order chi connectivity index (χ0) is 35.8. The van der Waals surface area contributed by atoms with Gasteiger partial charge in [-0.1, -0.05) is 18.2 Å². The molecule has 0 bridgehead atoms. The zero-order valence-corrected chi connectivity index (χ0v) is 30.1. The first kappa shape index (κ1) is 33.0. The van der Waals surface area contributed by atoms with Gasteiger partial charge in [-0.3, -0.25) is 9.98 Å². The Hall–Kier alpha value is -6.13. The van der Waals surface area contributed by atoms with Crippen LogP contribution < -0.4 is 20.1 Å². The number of hydrogen-bond donors (Lipinski definition) is 4. The lowest BCUT2D eigenvalue weighted by molar-refractivity contribution is 0.416. The number of fused-ring (bicyclic) bond motifs is 4. The SMILES string of the molecule is COc1cc2c(cc1Nc1ncnc3[nH]c(Br)cc13)C=NC2.COc1cc2c(cc1Nc1ncnc3[nH]c(S(=O)(=O)c4ccccc4)cc13)C=NC2. The molecule has 3 aromatic carbocycles. The zero-order valence-electron chi connectivity index (χ0n) is 27.7. The molecule has 52 heavy (non-hydrogen) atoms. The highest BCUT2D eigenvalue weighted by Crippen LogP contribution is 2.36. The van der Waals surface area contributed by atoms with Crippen molar-refractivity contribution < 1.29 is 17.9 Å². The fourth-order valence-corrected chi connectivity index (χ4v) is 7.65. The summed E-state index contributed by atoms with van der Waals surface area (Å²) in [6.07, 6.45) is 6.59. The fraction of sp³-hybridized carbons (Fsp3) is 0.111. The maximum Gasteiger partial charge on any atom is 0.221 e. The van der Waals surface area contributed by atoms with Gasteiger partial charge in [0.2, 0.25) is 9.84 Å². The van der Waals surface area contributed by atoms with E-state index in [4.69, 9.17) is 9.47 Å². The van der Waals surface area contributed by atoms with Gasteiger partial charge in [0.05, 0.1) is 59.0 Å². The number of sulfone groups is 1. The maximum atomic E-state index is 13.0. The highest BCUT2D eigenvalue weighted by molar-refractivity contribution is 9.10. The van der Waals surface area contributed by atoms with Crippen molar-refractivity contribution in [2.75, 3.05) is 24.9 Å². The number of rotatable bonds is 8. The summed E-state index contributed by atoms with van der Waals surface area (Å²) in [7, 11) is -0.450. The van der Waals surface area contributed by atoms with Crippen LogP contribution >= 0.6 is 15.9 Å². The van der Waals surface area contributed by atoms with Crippen molar-refractivity contribution in [1.29, 1.82) is 0 Å². The molecule has 0 saturated carbocycles. The summed E-state index contributed by atoms with van der Waals surface area (Å²) in [5.74, 6) is 2.61. The Morgan fingerprint density at radius 2 is 1.23 bits per heavy atom. The third kappa shape index (κ3) is 6.22. The van der Waals surface area contributed by atoms with Gasteiger partial charge in [0.25, 0.3) is 0 Å². The van der Waals surface area contributed by atoms with Gasteiger partial charge in [-0.2, -0.15) is 0 Å². The number of anilines is 4. The average Bonchev–Trinajstić information content (AvgIpc) is 3.98. The smallest absolute Gasteiger partial charge is 0.221 e. The number of ether oxygens (including phenoxy) is 2. The molecular weight excluding hydrogens is 748 g/mol. The van der Waals surface area contributed by atoms with E-state index in [-0.39, 0.29) is 9.92 Å². The summed E-state index contributed by atoms with van der Waals surface area (Å²) in [6.45, 7) is 1.33. The van der Waals surface area contributed by atoms with E-state index in [0.29, 0.717) is 41.4 Å². The van der Waals surface area contributed by atoms with Crippen LogP contribution in [0, 0.1) is 0 Å². The number of methoxy groups -OCH3 is 2. The first-order valence-corrected chi connectivity index (χ1v) is 18.2. The highest BCUT2D eigenvalue weighted by Gasteiger charge is 2.22. The molecule has 0 atom stereocenters. The Balaban J connectivity index is 0.000000156. The molecule has 4 N–H and O–H groups in total. The van der Waals surface area contributed by atoms with Gasteiger partial charge < -0.3 is 30.1 Å². The summed E-state index contributed by atoms with van der Waals surface area (Å²) in [5, 5.41) is 8.10. The topological polar surface area (TPSA) is 185 Å². The molecule has 0 fully saturated rings. The van der Waals surface area contributed by atoms with Gasteiger partial charge in [-0.25, -0.2) is 28.4 Å². The predicted octanol–water partition coefficient (Wildman–Crippen LogP) is 6.88. The third-order valence-corrected chi connectivity index (χ3v) is 10.7. The monoisotopic (exact) mass is 776 g/mol. The van der Waals surface area contributed by atoms with Gasteiger partial charge in [0.15, 0.2) is 0 Å². The number of aromatic nitrogens is 6. The van der Waals surface area contributed by atoms with E-state index in [1.807, 2.05) is 42.8 Å². The van der Waals surface area contributed by atoms with Crippen LogP contribution in [0.25, 0.3) is 22.1 Å². The van der Waals surface area contributed by atoms with Crippen molar-refractivity contribution in [3.05, 3.63) is 106 Å². The fourth-order valence-electron chi connectivity index (χ4n) is 5.96. The van der Waals surface area contributed by atoms with Crippen molar-refractivity contribution in [2.24, 2.45) is 9.98 Å². The van der Waals surface area contributed by atoms with Gasteiger partial charge in [0.1, 0.15) is 52.1 Å². The molecule has 2 aliphatic rings. The van der Waals surface area contributed by atoms with Gasteiger partial charge >= 0.3 is 0 Å². The molecule has 0 aliphatic carbocycles. The van der Waals surface area contributed by atoms with Gasteiger partial charge in [0, 0.05) is 12.4 Å². The summed E-state index contributed by atoms with van der Waals surface area (Å²) in [4.78, 5) is 31.8. The summed E-state index contributed by atoms with van der Waals surface area (Å²) in [6, 6.07) is 19.7. The lowest BCUT2D eigenvalue weighted by Gasteiger charge is -2.13. The molecule has 4 aromatic heterocycles.